The van der Waals surface area contributed by atoms with E-state index in [-0.39, 0.29) is 16.0 Å². The lowest BCUT2D eigenvalue weighted by Gasteiger charge is -2.19. The first kappa shape index (κ1) is 17.2. The molecule has 0 unspecified atom stereocenters. The van der Waals surface area contributed by atoms with Crippen LogP contribution >= 0.6 is 11.3 Å². The van der Waals surface area contributed by atoms with Crippen molar-refractivity contribution in [3.05, 3.63) is 51.0 Å². The monoisotopic (exact) mass is 360 g/mol. The third-order valence-corrected chi connectivity index (χ3v) is 5.38. The van der Waals surface area contributed by atoms with Gasteiger partial charge in [0.1, 0.15) is 15.5 Å². The number of hydroxylamine groups is 2. The lowest BCUT2D eigenvalue weighted by Crippen LogP contribution is -2.32. The van der Waals surface area contributed by atoms with E-state index in [9.17, 15) is 14.4 Å². The Morgan fingerprint density at radius 3 is 2.24 bits per heavy atom. The maximum absolute atomic E-state index is 12.5. The van der Waals surface area contributed by atoms with Gasteiger partial charge in [-0.25, -0.2) is 9.78 Å². The molecule has 2 heterocycles. The molecule has 0 saturated heterocycles. The molecule has 0 fully saturated rings. The number of ether oxygens (including phenoxy) is 1. The molecular weight excluding hydrogens is 344 g/mol. The molecule has 7 nitrogen and oxygen atoms in total. The Morgan fingerprint density at radius 1 is 1.16 bits per heavy atom. The smallest absolute Gasteiger partial charge is 0.372 e. The van der Waals surface area contributed by atoms with Gasteiger partial charge in [-0.05, 0) is 32.9 Å². The van der Waals surface area contributed by atoms with Gasteiger partial charge in [-0.15, -0.1) is 11.3 Å². The van der Waals surface area contributed by atoms with Gasteiger partial charge in [0.15, 0.2) is 0 Å². The van der Waals surface area contributed by atoms with Crippen molar-refractivity contribution in [3.63, 3.8) is 0 Å². The molecular formula is C17H16N2O5S. The molecule has 0 aliphatic carbocycles. The van der Waals surface area contributed by atoms with Crippen LogP contribution in [0.2, 0.25) is 0 Å². The summed E-state index contributed by atoms with van der Waals surface area (Å²) in [6.07, 6.45) is 0. The predicted octanol–water partition coefficient (Wildman–Crippen LogP) is 2.70. The number of aromatic nitrogens is 1. The highest BCUT2D eigenvalue weighted by Crippen LogP contribution is 2.31. The molecule has 25 heavy (non-hydrogen) atoms. The van der Waals surface area contributed by atoms with E-state index in [1.54, 1.807) is 26.2 Å². The molecule has 2 aromatic rings. The molecule has 130 valence electrons. The van der Waals surface area contributed by atoms with Crippen molar-refractivity contribution < 1.29 is 24.0 Å². The molecule has 0 N–H and O–H groups in total. The first-order valence-electron chi connectivity index (χ1n) is 7.49. The van der Waals surface area contributed by atoms with E-state index in [1.807, 2.05) is 13.8 Å². The minimum Gasteiger partial charge on any atom is -0.372 e. The molecule has 3 rings (SSSR count). The summed E-state index contributed by atoms with van der Waals surface area (Å²) in [7, 11) is 1.55. The Morgan fingerprint density at radius 2 is 1.72 bits per heavy atom. The fraction of sp³-hybridized carbons (Fsp3) is 0.294. The van der Waals surface area contributed by atoms with Gasteiger partial charge in [-0.2, -0.15) is 0 Å². The van der Waals surface area contributed by atoms with Gasteiger partial charge in [-0.1, -0.05) is 17.2 Å². The molecule has 0 bridgehead atoms. The van der Waals surface area contributed by atoms with E-state index in [1.165, 1.54) is 12.1 Å². The Labute approximate surface area is 148 Å². The van der Waals surface area contributed by atoms with Gasteiger partial charge >= 0.3 is 5.97 Å². The third-order valence-electron chi connectivity index (χ3n) is 3.94. The number of fused-ring (bicyclic) bond motifs is 1. The Bertz CT molecular complexity index is 852. The fourth-order valence-corrected chi connectivity index (χ4v) is 3.32. The maximum atomic E-state index is 12.5. The van der Waals surface area contributed by atoms with E-state index in [4.69, 9.17) is 9.57 Å². The van der Waals surface area contributed by atoms with Gasteiger partial charge in [0, 0.05) is 7.11 Å². The number of hydrogen-bond acceptors (Lipinski definition) is 7. The zero-order valence-electron chi connectivity index (χ0n) is 14.2. The lowest BCUT2D eigenvalue weighted by molar-refractivity contribution is -0.0581. The van der Waals surface area contributed by atoms with Gasteiger partial charge in [0.2, 0.25) is 0 Å². The number of imide groups is 1. The van der Waals surface area contributed by atoms with Gasteiger partial charge in [-0.3, -0.25) is 9.59 Å². The predicted molar refractivity (Wildman–Crippen MR) is 89.2 cm³/mol. The van der Waals surface area contributed by atoms with Gasteiger partial charge in [0.25, 0.3) is 11.8 Å². The van der Waals surface area contributed by atoms with Crippen LogP contribution in [0.25, 0.3) is 0 Å². The summed E-state index contributed by atoms with van der Waals surface area (Å²) in [5, 5.41) is 1.09. The van der Waals surface area contributed by atoms with E-state index >= 15 is 0 Å². The van der Waals surface area contributed by atoms with Gasteiger partial charge in [0.05, 0.1) is 16.8 Å². The third kappa shape index (κ3) is 2.83. The number of thiazole rings is 1. The molecule has 8 heteroatoms. The Hall–Kier alpha value is -2.58. The summed E-state index contributed by atoms with van der Waals surface area (Å²) in [6, 6.07) is 6.31. The molecule has 0 spiro atoms. The Balaban J connectivity index is 1.85. The molecule has 0 saturated carbocycles. The largest absolute Gasteiger partial charge is 0.375 e. The maximum Gasteiger partial charge on any atom is 0.375 e. The van der Waals surface area contributed by atoms with Crippen molar-refractivity contribution in [1.29, 1.82) is 0 Å². The molecule has 1 aromatic heterocycles. The standard InChI is InChI=1S/C17H16N2O5S/c1-9-12(25-16(18-9)17(2,3)23-4)15(22)24-19-13(20)10-7-5-6-8-11(10)14(19)21/h5-8H,1-4H3. The van der Waals surface area contributed by atoms with Crippen LogP contribution in [0.3, 0.4) is 0 Å². The highest BCUT2D eigenvalue weighted by atomic mass is 32.1. The lowest BCUT2D eigenvalue weighted by atomic mass is 10.1. The van der Waals surface area contributed by atoms with Crippen molar-refractivity contribution in [3.8, 4) is 0 Å². The molecule has 1 aliphatic rings. The van der Waals surface area contributed by atoms with Crippen molar-refractivity contribution in [2.45, 2.75) is 26.4 Å². The van der Waals surface area contributed by atoms with Crippen LogP contribution in [0.15, 0.2) is 24.3 Å². The summed E-state index contributed by atoms with van der Waals surface area (Å²) in [6.45, 7) is 5.31. The first-order valence-corrected chi connectivity index (χ1v) is 8.31. The highest BCUT2D eigenvalue weighted by molar-refractivity contribution is 7.13. The number of hydrogen-bond donors (Lipinski definition) is 0. The zero-order valence-corrected chi connectivity index (χ0v) is 15.0. The molecule has 1 aliphatic heterocycles. The molecule has 2 amide bonds. The van der Waals surface area contributed by atoms with E-state index in [0.29, 0.717) is 15.8 Å². The second-order valence-corrected chi connectivity index (χ2v) is 6.98. The number of nitrogens with zero attached hydrogens (tertiary/aromatic N) is 2. The number of aryl methyl sites for hydroxylation is 1. The quantitative estimate of drug-likeness (QED) is 0.779. The van der Waals surface area contributed by atoms with Crippen LogP contribution in [0.5, 0.6) is 0 Å². The zero-order chi connectivity index (χ0) is 18.4. The molecule has 0 atom stereocenters. The van der Waals surface area contributed by atoms with Crippen LogP contribution in [0, 0.1) is 6.92 Å². The normalized spacial score (nSPS) is 14.0. The fourth-order valence-electron chi connectivity index (χ4n) is 2.31. The van der Waals surface area contributed by atoms with Crippen molar-refractivity contribution >= 4 is 29.1 Å². The SMILES string of the molecule is COC(C)(C)c1nc(C)c(C(=O)ON2C(=O)c3ccccc3C2=O)s1. The van der Waals surface area contributed by atoms with Gasteiger partial charge < -0.3 is 9.57 Å². The van der Waals surface area contributed by atoms with Crippen molar-refractivity contribution in [1.82, 2.24) is 10.0 Å². The second-order valence-electron chi connectivity index (χ2n) is 5.98. The minimum atomic E-state index is -0.803. The number of carbonyl (C=O) groups is 3. The van der Waals surface area contributed by atoms with E-state index in [0.717, 1.165) is 11.3 Å². The van der Waals surface area contributed by atoms with E-state index in [2.05, 4.69) is 4.98 Å². The number of benzene rings is 1. The Kier molecular flexibility index (Phi) is 4.18. The highest BCUT2D eigenvalue weighted by Gasteiger charge is 2.39. The summed E-state index contributed by atoms with van der Waals surface area (Å²) in [4.78, 5) is 46.6. The number of amides is 2. The minimum absolute atomic E-state index is 0.211. The van der Waals surface area contributed by atoms with Crippen LogP contribution in [0.1, 0.15) is 54.9 Å². The first-order chi connectivity index (χ1) is 11.8. The summed E-state index contributed by atoms with van der Waals surface area (Å²) in [5.41, 5.74) is 0.209. The average Bonchev–Trinajstić information content (AvgIpc) is 3.10. The van der Waals surface area contributed by atoms with Crippen LogP contribution in [-0.4, -0.2) is 34.9 Å². The van der Waals surface area contributed by atoms with Crippen LogP contribution in [-0.2, 0) is 15.2 Å². The number of methoxy groups -OCH3 is 1. The van der Waals surface area contributed by atoms with Crippen molar-refractivity contribution in [2.75, 3.05) is 7.11 Å². The summed E-state index contributed by atoms with van der Waals surface area (Å²) < 4.78 is 5.36. The number of rotatable bonds is 4. The summed E-state index contributed by atoms with van der Waals surface area (Å²) in [5.74, 6) is -2.12. The summed E-state index contributed by atoms with van der Waals surface area (Å²) >= 11 is 1.11. The average molecular weight is 360 g/mol. The van der Waals surface area contributed by atoms with E-state index < -0.39 is 23.4 Å². The topological polar surface area (TPSA) is 85.8 Å². The van der Waals surface area contributed by atoms with Crippen LogP contribution < -0.4 is 0 Å². The molecule has 0 radical (unpaired) electrons. The molecule has 1 aromatic carbocycles. The van der Waals surface area contributed by atoms with Crippen LogP contribution in [0.4, 0.5) is 0 Å². The van der Waals surface area contributed by atoms with Crippen molar-refractivity contribution in [2.24, 2.45) is 0 Å². The number of carbonyl (C=O) groups excluding carboxylic acids is 3. The second kappa shape index (κ2) is 6.05.